The van der Waals surface area contributed by atoms with Gasteiger partial charge in [0.15, 0.2) is 0 Å². The molecule has 20 atom stereocenters. The molecule has 139 heavy (non-hydrogen) atoms. The van der Waals surface area contributed by atoms with Crippen LogP contribution in [0.4, 0.5) is 34.1 Å². The number of allylic oxidation sites excluding steroid dienone is 4. The van der Waals surface area contributed by atoms with Gasteiger partial charge in [-0.25, -0.2) is 0 Å². The van der Waals surface area contributed by atoms with Crippen LogP contribution in [-0.4, -0.2) is 11.6 Å². The molecule has 0 N–H and O–H groups in total. The maximum atomic E-state index is 6.46. The summed E-state index contributed by atoms with van der Waals surface area (Å²) in [5.74, 6) is 11.1. The normalized spacial score (nSPS) is 23.9. The minimum absolute atomic E-state index is 0. The van der Waals surface area contributed by atoms with Crippen molar-refractivity contribution in [1.29, 1.82) is 0 Å². The second-order valence-corrected chi connectivity index (χ2v) is 43.3. The maximum absolute atomic E-state index is 6.46. The molecule has 0 spiro atoms. The molecular weight excluding hydrogens is 1950 g/mol. The van der Waals surface area contributed by atoms with Crippen LogP contribution in [0.15, 0.2) is 255 Å². The van der Waals surface area contributed by atoms with Gasteiger partial charge in [0.05, 0.1) is 0 Å². The number of aryl methyl sites for hydroxylation is 2. The molecule has 0 bridgehead atoms. The molecule has 22 rings (SSSR count). The molecule has 10 aromatic carbocycles. The largest absolute Gasteiger partial charge is 4.00 e. The van der Waals surface area contributed by atoms with Gasteiger partial charge in [0.25, 0.3) is 0 Å². The standard InChI is InChI=1S/C31H30NS.C29H24Cl2NS.C27H30NS.C26H28NS.12CH3.4Ti/c1-18-10-9-11-19(2)31(18)32-25-14-7-5-12-22(25)28-20(3)21(4)29-24(28)16-17-27-30(29)23-13-6-8-15-26(23)33-27;1-16-17(2)27-20(14-15-25-28(27)19-9-4-6-13-24(19)33-25)26(16)18-8-3-5-12-23(18)32-29-21(30)10-7-11-22(29)31;1-16-17(2)25-20(14-15-23-26(25)19-11-7-9-13-22(19)29-23)24(16)18-10-6-8-12-21(18)28-27(3,4)5;1-15(2)27-21-11-7-5-9-18(21)24-16(3)17(4)25-20(24)13-14-23-26(25)19-10-6-8-12-22(19)28-23;;;;;;;;;;;;;;;;/h5-17,20-21,24,28-29H,1-4H3;3-17,20,26-27H,1-2H3;6-17,20,24-25H,1-5H3;5-17,20,24-25H,1-4H3;12*1H3;;;;/q16*-1;4*+4. The smallest absolute Gasteiger partial charge is 0.682 e. The van der Waals surface area contributed by atoms with Gasteiger partial charge in [-0.1, -0.05) is 371 Å². The van der Waals surface area contributed by atoms with E-state index in [0.29, 0.717) is 140 Å². The van der Waals surface area contributed by atoms with Gasteiger partial charge in [0.1, 0.15) is 0 Å². The third-order valence-electron chi connectivity index (χ3n) is 29.9. The fraction of sp³-hybridized carbons (Fsp3) is 0.296. The molecular formula is C125H148Cl2N4S4Ti4. The van der Waals surface area contributed by atoms with Gasteiger partial charge in [0.2, 0.25) is 0 Å². The third-order valence-corrected chi connectivity index (χ3v) is 35.1. The summed E-state index contributed by atoms with van der Waals surface area (Å²) < 4.78 is 5.66. The zero-order valence-corrected chi connectivity index (χ0v) is 98.4. The van der Waals surface area contributed by atoms with E-state index < -0.39 is 0 Å². The molecule has 0 saturated heterocycles. The van der Waals surface area contributed by atoms with Crippen LogP contribution in [0.1, 0.15) is 212 Å². The van der Waals surface area contributed by atoms with Gasteiger partial charge in [-0.05, 0) is 237 Å². The van der Waals surface area contributed by atoms with E-state index >= 15 is 0 Å². The van der Waals surface area contributed by atoms with E-state index in [1.807, 2.05) is 63.5 Å². The molecule has 20 unspecified atom stereocenters. The number of benzene rings is 10. The van der Waals surface area contributed by atoms with Crippen LogP contribution in [0.2, 0.25) is 10.0 Å². The number of hydrogen-bond acceptors (Lipinski definition) is 4. The minimum Gasteiger partial charge on any atom is -0.682 e. The number of rotatable bonds is 11. The molecule has 14 heteroatoms. The fourth-order valence-electron chi connectivity index (χ4n) is 24.0. The van der Waals surface area contributed by atoms with Crippen molar-refractivity contribution in [2.75, 3.05) is 0 Å². The van der Waals surface area contributed by atoms with Crippen LogP contribution in [-0.2, 0) is 86.9 Å². The summed E-state index contributed by atoms with van der Waals surface area (Å²) in [5.41, 5.74) is 20.5. The third kappa shape index (κ3) is 23.5. The summed E-state index contributed by atoms with van der Waals surface area (Å²) in [6.07, 6.45) is 19.6. The van der Waals surface area contributed by atoms with Gasteiger partial charge >= 0.3 is 86.9 Å². The monoisotopic (exact) mass is 2090 g/mol. The fourth-order valence-corrected chi connectivity index (χ4v) is 29.2. The Morgan fingerprint density at radius 1 is 0.273 bits per heavy atom. The van der Waals surface area contributed by atoms with Crippen molar-refractivity contribution in [2.45, 2.75) is 163 Å². The molecule has 0 amide bonds. The second kappa shape index (κ2) is 52.6. The minimum atomic E-state index is -0.0674. The topological polar surface area (TPSA) is 56.4 Å². The Hall–Kier alpha value is -6.36. The maximum Gasteiger partial charge on any atom is 4.00 e. The van der Waals surface area contributed by atoms with Crippen molar-refractivity contribution in [3.63, 3.8) is 0 Å². The van der Waals surface area contributed by atoms with Crippen molar-refractivity contribution in [3.05, 3.63) is 450 Å². The molecule has 4 nitrogen and oxygen atoms in total. The summed E-state index contributed by atoms with van der Waals surface area (Å²) in [6, 6.07) is 83.2. The number of fused-ring (bicyclic) bond motifs is 20. The van der Waals surface area contributed by atoms with Crippen molar-refractivity contribution in [2.24, 2.45) is 71.0 Å². The van der Waals surface area contributed by atoms with E-state index in [4.69, 9.17) is 44.5 Å². The number of hydrogen-bond donors (Lipinski definition) is 0. The van der Waals surface area contributed by atoms with Crippen LogP contribution in [0, 0.1) is 174 Å². The predicted octanol–water partition coefficient (Wildman–Crippen LogP) is 42.0. The zero-order valence-electron chi connectivity index (χ0n) is 87.4. The van der Waals surface area contributed by atoms with Gasteiger partial charge in [-0.15, -0.1) is 85.4 Å². The molecule has 4 saturated carbocycles. The van der Waals surface area contributed by atoms with Crippen LogP contribution >= 0.6 is 68.5 Å². The number of halogens is 2. The average Bonchev–Trinajstić information content (AvgIpc) is 1.58. The number of para-hydroxylation sites is 6. The van der Waals surface area contributed by atoms with Gasteiger partial charge in [0, 0.05) is 48.4 Å². The van der Waals surface area contributed by atoms with E-state index in [1.165, 1.54) is 105 Å². The van der Waals surface area contributed by atoms with E-state index in [2.05, 4.69) is 365 Å². The van der Waals surface area contributed by atoms with E-state index in [0.717, 1.165) is 17.1 Å². The van der Waals surface area contributed by atoms with E-state index in [9.17, 15) is 0 Å². The molecule has 8 aliphatic carbocycles. The number of thiophene rings is 4. The van der Waals surface area contributed by atoms with Gasteiger partial charge in [-0.3, -0.25) is 0 Å². The summed E-state index contributed by atoms with van der Waals surface area (Å²) in [4.78, 5) is 5.84. The zero-order chi connectivity index (χ0) is 85.1. The molecule has 4 heterocycles. The van der Waals surface area contributed by atoms with Crippen molar-refractivity contribution < 1.29 is 86.9 Å². The Labute approximate surface area is 928 Å². The van der Waals surface area contributed by atoms with E-state index in [1.54, 1.807) is 22.3 Å². The number of nitrogens with zero attached hydrogens (tertiary/aromatic N) is 4. The van der Waals surface area contributed by atoms with Crippen molar-refractivity contribution >= 4 is 167 Å². The Kier molecular flexibility index (Phi) is 48.0. The first-order valence-corrected chi connectivity index (χ1v) is 49.0. The first-order chi connectivity index (χ1) is 59.5. The van der Waals surface area contributed by atoms with Crippen LogP contribution < -0.4 is 0 Å². The summed E-state index contributed by atoms with van der Waals surface area (Å²) in [7, 11) is 0. The molecule has 4 fully saturated rings. The first-order valence-electron chi connectivity index (χ1n) is 45.0. The Balaban J connectivity index is 0.000000460. The van der Waals surface area contributed by atoms with Gasteiger partial charge in [-0.2, -0.15) is 0 Å². The van der Waals surface area contributed by atoms with Crippen LogP contribution in [0.3, 0.4) is 0 Å². The Bertz CT molecular complexity index is 6210. The van der Waals surface area contributed by atoms with Crippen molar-refractivity contribution in [1.82, 2.24) is 0 Å². The molecule has 722 valence electrons. The molecule has 0 aliphatic heterocycles. The van der Waals surface area contributed by atoms with Gasteiger partial charge < -0.3 is 110 Å². The SMILES string of the molecule is CC(C)[N-]c1ccccc1C1C(C)C(C)C2c3c(sc4ccccc34)C=CC12.CC1C(C)C2c3c(sc4ccccc34)C=CC2C1c1ccccc1[N-]C(C)(C)C.CC1C(C)C2c3c(sc4ccccc34)C=CC2C1c1ccccc1[N-]c1c(Cl)cccc1Cl.Cc1cccc(C)c1[N-]c1ccccc1C1C(C)C(C)C2c3c(sc4ccccc34)C=CC12.[CH3-].[CH3-].[CH3-].[CH3-].[CH3-].[CH3-].[CH3-].[CH3-].[CH3-].[CH3-].[CH3-].[CH3-].[Ti+4].[Ti+4].[Ti+4].[Ti+4]. The average molecular weight is 2100 g/mol. The van der Waals surface area contributed by atoms with Crippen LogP contribution in [0.5, 0.6) is 0 Å². The van der Waals surface area contributed by atoms with Crippen LogP contribution in [0.25, 0.3) is 85.9 Å². The first kappa shape index (κ1) is 127. The summed E-state index contributed by atoms with van der Waals surface area (Å²) >= 11 is 20.7. The Morgan fingerprint density at radius 2 is 0.504 bits per heavy atom. The molecule has 14 aromatic rings. The molecule has 0 radical (unpaired) electrons. The summed E-state index contributed by atoms with van der Waals surface area (Å²) in [5, 5.41) is 27.3. The Morgan fingerprint density at radius 3 is 0.791 bits per heavy atom. The molecule has 4 aromatic heterocycles. The quantitative estimate of drug-likeness (QED) is 0.0915. The predicted molar refractivity (Wildman–Crippen MR) is 614 cm³/mol. The summed E-state index contributed by atoms with van der Waals surface area (Å²) in [6.45, 7) is 34.9. The molecule has 8 aliphatic rings. The second-order valence-electron chi connectivity index (χ2n) is 38.1. The van der Waals surface area contributed by atoms with E-state index in [-0.39, 0.29) is 182 Å². The van der Waals surface area contributed by atoms with Crippen molar-refractivity contribution in [3.8, 4) is 0 Å².